The van der Waals surface area contributed by atoms with Crippen LogP contribution in [0.25, 0.3) is 0 Å². The quantitative estimate of drug-likeness (QED) is 0.717. The summed E-state index contributed by atoms with van der Waals surface area (Å²) in [7, 11) is 2.04. The van der Waals surface area contributed by atoms with E-state index in [1.807, 2.05) is 14.0 Å². The van der Waals surface area contributed by atoms with E-state index < -0.39 is 0 Å². The van der Waals surface area contributed by atoms with Crippen molar-refractivity contribution < 1.29 is 4.79 Å². The van der Waals surface area contributed by atoms with Crippen LogP contribution >= 0.6 is 11.3 Å². The topological polar surface area (TPSA) is 33.2 Å². The van der Waals surface area contributed by atoms with Gasteiger partial charge in [-0.05, 0) is 18.8 Å². The van der Waals surface area contributed by atoms with Gasteiger partial charge in [-0.3, -0.25) is 4.79 Å². The van der Waals surface area contributed by atoms with E-state index in [1.165, 1.54) is 11.3 Å². The molecule has 0 saturated heterocycles. The second-order valence-electron chi connectivity index (χ2n) is 4.38. The fourth-order valence-electron chi connectivity index (χ4n) is 1.41. The number of nitrogens with zero attached hydrogens (tertiary/aromatic N) is 2. The molecule has 4 heteroatoms. The minimum atomic E-state index is 0.693. The lowest BCUT2D eigenvalue weighted by Gasteiger charge is -2.16. The number of hydrogen-bond donors (Lipinski definition) is 0. The lowest BCUT2D eigenvalue weighted by molar-refractivity contribution is 0.112. The van der Waals surface area contributed by atoms with Crippen molar-refractivity contribution in [2.24, 2.45) is 5.92 Å². The Hall–Kier alpha value is -0.900. The standard InChI is InChI=1S/C12H20N2OS/c1-5-10-11(8-15)16-12(13-10)14(4)7-6-9(2)3/h8-9H,5-7H2,1-4H3. The molecule has 0 aliphatic rings. The molecule has 0 bridgehead atoms. The molecule has 0 saturated carbocycles. The van der Waals surface area contributed by atoms with E-state index in [0.717, 1.165) is 41.4 Å². The van der Waals surface area contributed by atoms with Crippen LogP contribution in [0.5, 0.6) is 0 Å². The van der Waals surface area contributed by atoms with Crippen molar-refractivity contribution in [3.63, 3.8) is 0 Å². The second kappa shape index (κ2) is 5.99. The van der Waals surface area contributed by atoms with Crippen molar-refractivity contribution in [2.75, 3.05) is 18.5 Å². The van der Waals surface area contributed by atoms with Crippen molar-refractivity contribution in [3.8, 4) is 0 Å². The summed E-state index contributed by atoms with van der Waals surface area (Å²) in [5.41, 5.74) is 0.923. The molecule has 90 valence electrons. The van der Waals surface area contributed by atoms with Gasteiger partial charge >= 0.3 is 0 Å². The maximum absolute atomic E-state index is 10.8. The van der Waals surface area contributed by atoms with E-state index in [-0.39, 0.29) is 0 Å². The zero-order chi connectivity index (χ0) is 12.1. The fraction of sp³-hybridized carbons (Fsp3) is 0.667. The zero-order valence-corrected chi connectivity index (χ0v) is 11.3. The van der Waals surface area contributed by atoms with E-state index >= 15 is 0 Å². The molecule has 0 aromatic carbocycles. The molecule has 0 N–H and O–H groups in total. The predicted molar refractivity (Wildman–Crippen MR) is 69.6 cm³/mol. The van der Waals surface area contributed by atoms with E-state index in [0.29, 0.717) is 5.92 Å². The van der Waals surface area contributed by atoms with Crippen LogP contribution in [-0.2, 0) is 6.42 Å². The largest absolute Gasteiger partial charge is 0.351 e. The van der Waals surface area contributed by atoms with Crippen molar-refractivity contribution in [3.05, 3.63) is 10.6 Å². The van der Waals surface area contributed by atoms with Crippen LogP contribution in [0.2, 0.25) is 0 Å². The Bertz CT molecular complexity index is 347. The third-order valence-corrected chi connectivity index (χ3v) is 3.66. The third kappa shape index (κ3) is 3.30. The summed E-state index contributed by atoms with van der Waals surface area (Å²) >= 11 is 1.49. The van der Waals surface area contributed by atoms with E-state index in [9.17, 15) is 4.79 Å². The van der Waals surface area contributed by atoms with Crippen LogP contribution in [0.4, 0.5) is 5.13 Å². The molecule has 3 nitrogen and oxygen atoms in total. The number of aryl methyl sites for hydroxylation is 1. The summed E-state index contributed by atoms with van der Waals surface area (Å²) in [4.78, 5) is 18.2. The minimum Gasteiger partial charge on any atom is -0.351 e. The van der Waals surface area contributed by atoms with Crippen molar-refractivity contribution in [1.82, 2.24) is 4.98 Å². The highest BCUT2D eigenvalue weighted by atomic mass is 32.1. The predicted octanol–water partition coefficient (Wildman–Crippen LogP) is 3.00. The molecule has 0 amide bonds. The number of anilines is 1. The average Bonchev–Trinajstić information content (AvgIpc) is 2.68. The van der Waals surface area contributed by atoms with E-state index in [4.69, 9.17) is 0 Å². The molecule has 1 rings (SSSR count). The summed E-state index contributed by atoms with van der Waals surface area (Å²) < 4.78 is 0. The molecular formula is C12H20N2OS. The van der Waals surface area contributed by atoms with Crippen molar-refractivity contribution in [2.45, 2.75) is 33.6 Å². The molecule has 0 aliphatic heterocycles. The number of hydrogen-bond acceptors (Lipinski definition) is 4. The Morgan fingerprint density at radius 2 is 2.19 bits per heavy atom. The number of aromatic nitrogens is 1. The Morgan fingerprint density at radius 3 is 2.62 bits per heavy atom. The first-order valence-corrected chi connectivity index (χ1v) is 6.56. The molecule has 16 heavy (non-hydrogen) atoms. The van der Waals surface area contributed by atoms with Crippen LogP contribution in [0.3, 0.4) is 0 Å². The lowest BCUT2D eigenvalue weighted by atomic mass is 10.1. The van der Waals surface area contributed by atoms with Crippen molar-refractivity contribution in [1.29, 1.82) is 0 Å². The van der Waals surface area contributed by atoms with Gasteiger partial charge in [0.1, 0.15) is 0 Å². The Morgan fingerprint density at radius 1 is 1.50 bits per heavy atom. The van der Waals surface area contributed by atoms with E-state index in [1.54, 1.807) is 0 Å². The summed E-state index contributed by atoms with van der Waals surface area (Å²) in [6.45, 7) is 7.45. The van der Waals surface area contributed by atoms with Crippen LogP contribution in [0, 0.1) is 5.92 Å². The highest BCUT2D eigenvalue weighted by Gasteiger charge is 2.12. The molecule has 1 heterocycles. The maximum atomic E-state index is 10.8. The Balaban J connectivity index is 2.71. The second-order valence-corrected chi connectivity index (χ2v) is 5.39. The van der Waals surface area contributed by atoms with Gasteiger partial charge in [0.05, 0.1) is 10.6 Å². The summed E-state index contributed by atoms with van der Waals surface area (Å²) in [6, 6.07) is 0. The van der Waals surface area contributed by atoms with Gasteiger partial charge in [0.25, 0.3) is 0 Å². The van der Waals surface area contributed by atoms with Gasteiger partial charge < -0.3 is 4.90 Å². The fourth-order valence-corrected chi connectivity index (χ4v) is 2.36. The smallest absolute Gasteiger partial charge is 0.185 e. The molecule has 0 spiro atoms. The van der Waals surface area contributed by atoms with Gasteiger partial charge in [0.15, 0.2) is 11.4 Å². The van der Waals surface area contributed by atoms with Gasteiger partial charge in [0.2, 0.25) is 0 Å². The molecule has 0 radical (unpaired) electrons. The Kier molecular flexibility index (Phi) is 4.93. The molecule has 0 aliphatic carbocycles. The van der Waals surface area contributed by atoms with Gasteiger partial charge in [-0.25, -0.2) is 4.98 Å². The first kappa shape index (κ1) is 13.2. The normalized spacial score (nSPS) is 10.8. The number of rotatable bonds is 6. The number of aldehydes is 1. The molecule has 1 aromatic rings. The summed E-state index contributed by atoms with van der Waals surface area (Å²) in [5.74, 6) is 0.693. The van der Waals surface area contributed by atoms with Gasteiger partial charge in [-0.1, -0.05) is 32.1 Å². The van der Waals surface area contributed by atoms with Crippen LogP contribution in [-0.4, -0.2) is 24.9 Å². The number of carbonyl (C=O) groups is 1. The monoisotopic (exact) mass is 240 g/mol. The molecule has 1 aromatic heterocycles. The average molecular weight is 240 g/mol. The third-order valence-electron chi connectivity index (χ3n) is 2.53. The summed E-state index contributed by atoms with van der Waals surface area (Å²) in [5, 5.41) is 0.958. The number of carbonyl (C=O) groups excluding carboxylic acids is 1. The summed E-state index contributed by atoms with van der Waals surface area (Å²) in [6.07, 6.45) is 2.88. The Labute approximate surface area is 101 Å². The first-order chi connectivity index (χ1) is 7.58. The molecule has 0 atom stereocenters. The molecular weight excluding hydrogens is 220 g/mol. The van der Waals surface area contributed by atoms with Crippen LogP contribution in [0.1, 0.15) is 42.6 Å². The van der Waals surface area contributed by atoms with Crippen molar-refractivity contribution >= 4 is 22.8 Å². The first-order valence-electron chi connectivity index (χ1n) is 5.74. The molecule has 0 fully saturated rings. The minimum absolute atomic E-state index is 0.693. The lowest BCUT2D eigenvalue weighted by Crippen LogP contribution is -2.19. The highest BCUT2D eigenvalue weighted by Crippen LogP contribution is 2.25. The molecule has 0 unspecified atom stereocenters. The highest BCUT2D eigenvalue weighted by molar-refractivity contribution is 7.17. The van der Waals surface area contributed by atoms with Crippen LogP contribution < -0.4 is 4.90 Å². The van der Waals surface area contributed by atoms with Gasteiger partial charge in [-0.15, -0.1) is 0 Å². The van der Waals surface area contributed by atoms with E-state index in [2.05, 4.69) is 23.7 Å². The van der Waals surface area contributed by atoms with Crippen LogP contribution in [0.15, 0.2) is 0 Å². The zero-order valence-electron chi connectivity index (χ0n) is 10.5. The number of thiazole rings is 1. The SMILES string of the molecule is CCc1nc(N(C)CCC(C)C)sc1C=O. The van der Waals surface area contributed by atoms with Gasteiger partial charge in [-0.2, -0.15) is 0 Å². The van der Waals surface area contributed by atoms with Gasteiger partial charge in [0, 0.05) is 13.6 Å². The maximum Gasteiger partial charge on any atom is 0.185 e.